The minimum atomic E-state index is -4.45. The predicted molar refractivity (Wildman–Crippen MR) is 60.3 cm³/mol. The Kier molecular flexibility index (Phi) is 3.05. The minimum Gasteiger partial charge on any atom is -0.478 e. The molecule has 0 aliphatic carbocycles. The second kappa shape index (κ2) is 4.42. The maximum atomic E-state index is 12.4. The van der Waals surface area contributed by atoms with Gasteiger partial charge in [0.15, 0.2) is 0 Å². The van der Waals surface area contributed by atoms with Crippen molar-refractivity contribution in [1.29, 1.82) is 0 Å². The normalized spacial score (nSPS) is 11.6. The molecule has 2 aromatic rings. The van der Waals surface area contributed by atoms with E-state index in [0.29, 0.717) is 11.3 Å². The maximum Gasteiger partial charge on any atom is 0.419 e. The van der Waals surface area contributed by atoms with Crippen molar-refractivity contribution in [1.82, 2.24) is 9.78 Å². The van der Waals surface area contributed by atoms with Crippen molar-refractivity contribution in [2.45, 2.75) is 13.1 Å². The first-order valence-corrected chi connectivity index (χ1v) is 5.25. The predicted octanol–water partition coefficient (Wildman–Crippen LogP) is 2.90. The molecule has 19 heavy (non-hydrogen) atoms. The molecule has 7 heteroatoms. The molecular weight excluding hydrogens is 261 g/mol. The Hall–Kier alpha value is -2.31. The van der Waals surface area contributed by atoms with Crippen LogP contribution in [0.1, 0.15) is 21.5 Å². The molecule has 0 aliphatic rings. The number of halogens is 3. The van der Waals surface area contributed by atoms with Gasteiger partial charge in [0.2, 0.25) is 0 Å². The lowest BCUT2D eigenvalue weighted by Crippen LogP contribution is -2.04. The molecule has 0 radical (unpaired) electrons. The third kappa shape index (κ3) is 2.59. The topological polar surface area (TPSA) is 55.1 Å². The van der Waals surface area contributed by atoms with Crippen LogP contribution in [0.4, 0.5) is 13.2 Å². The molecule has 0 bridgehead atoms. The van der Waals surface area contributed by atoms with Crippen LogP contribution in [0, 0.1) is 6.92 Å². The Balaban J connectivity index is 2.40. The summed E-state index contributed by atoms with van der Waals surface area (Å²) in [6.45, 7) is 1.57. The van der Waals surface area contributed by atoms with E-state index >= 15 is 0 Å². The second-order valence-corrected chi connectivity index (χ2v) is 3.98. The lowest BCUT2D eigenvalue weighted by Gasteiger charge is -2.05. The third-order valence-electron chi connectivity index (χ3n) is 2.61. The molecule has 1 heterocycles. The molecule has 1 N–H and O–H groups in total. The Morgan fingerprint density at radius 1 is 1.37 bits per heavy atom. The van der Waals surface area contributed by atoms with E-state index in [4.69, 9.17) is 5.11 Å². The SMILES string of the molecule is Cc1cc(-n2cc(C(F)(F)F)cn2)ccc1C(=O)O. The van der Waals surface area contributed by atoms with Crippen molar-refractivity contribution in [3.63, 3.8) is 0 Å². The zero-order valence-corrected chi connectivity index (χ0v) is 9.77. The number of aromatic carboxylic acids is 1. The van der Waals surface area contributed by atoms with E-state index in [1.165, 1.54) is 18.2 Å². The smallest absolute Gasteiger partial charge is 0.419 e. The van der Waals surface area contributed by atoms with Gasteiger partial charge in [0.25, 0.3) is 0 Å². The van der Waals surface area contributed by atoms with E-state index in [2.05, 4.69) is 5.10 Å². The first-order valence-electron chi connectivity index (χ1n) is 5.25. The van der Waals surface area contributed by atoms with Crippen LogP contribution in [-0.4, -0.2) is 20.9 Å². The molecule has 0 saturated carbocycles. The average molecular weight is 270 g/mol. The van der Waals surface area contributed by atoms with Crippen molar-refractivity contribution in [2.75, 3.05) is 0 Å². The zero-order valence-electron chi connectivity index (χ0n) is 9.77. The number of nitrogens with zero attached hydrogens (tertiary/aromatic N) is 2. The van der Waals surface area contributed by atoms with Crippen molar-refractivity contribution in [2.24, 2.45) is 0 Å². The molecule has 100 valence electrons. The van der Waals surface area contributed by atoms with Gasteiger partial charge in [-0.2, -0.15) is 18.3 Å². The molecule has 0 atom stereocenters. The molecule has 0 amide bonds. The van der Waals surface area contributed by atoms with Crippen LogP contribution in [-0.2, 0) is 6.18 Å². The fraction of sp³-hybridized carbons (Fsp3) is 0.167. The Labute approximate surface area is 106 Å². The van der Waals surface area contributed by atoms with Gasteiger partial charge in [0.05, 0.1) is 23.0 Å². The first kappa shape index (κ1) is 13.1. The summed E-state index contributed by atoms with van der Waals surface area (Å²) < 4.78 is 38.4. The van der Waals surface area contributed by atoms with E-state index in [-0.39, 0.29) is 5.56 Å². The number of carboxylic acids is 1. The summed E-state index contributed by atoms with van der Waals surface area (Å²) in [6.07, 6.45) is -2.87. The number of aromatic nitrogens is 2. The van der Waals surface area contributed by atoms with Crippen LogP contribution in [0.2, 0.25) is 0 Å². The van der Waals surface area contributed by atoms with E-state index in [0.717, 1.165) is 17.1 Å². The number of carboxylic acid groups (broad SMARTS) is 1. The minimum absolute atomic E-state index is 0.104. The summed E-state index contributed by atoms with van der Waals surface area (Å²) in [5, 5.41) is 12.5. The number of hydrogen-bond acceptors (Lipinski definition) is 2. The number of benzene rings is 1. The van der Waals surface area contributed by atoms with Gasteiger partial charge in [-0.25, -0.2) is 9.48 Å². The van der Waals surface area contributed by atoms with Gasteiger partial charge in [-0.1, -0.05) is 0 Å². The van der Waals surface area contributed by atoms with Crippen LogP contribution in [0.3, 0.4) is 0 Å². The molecule has 1 aromatic carbocycles. The van der Waals surface area contributed by atoms with E-state index in [1.807, 2.05) is 0 Å². The number of aryl methyl sites for hydroxylation is 1. The van der Waals surface area contributed by atoms with Crippen LogP contribution in [0.25, 0.3) is 5.69 Å². The molecule has 1 aromatic heterocycles. The van der Waals surface area contributed by atoms with Crippen molar-refractivity contribution in [3.8, 4) is 5.69 Å². The second-order valence-electron chi connectivity index (χ2n) is 3.98. The molecule has 0 aliphatic heterocycles. The van der Waals surface area contributed by atoms with Gasteiger partial charge < -0.3 is 5.11 Å². The summed E-state index contributed by atoms with van der Waals surface area (Å²) in [4.78, 5) is 10.8. The lowest BCUT2D eigenvalue weighted by atomic mass is 10.1. The Morgan fingerprint density at radius 2 is 2.05 bits per heavy atom. The fourth-order valence-corrected chi connectivity index (χ4v) is 1.64. The van der Waals surface area contributed by atoms with Gasteiger partial charge in [0, 0.05) is 6.20 Å². The summed E-state index contributed by atoms with van der Waals surface area (Å²) in [5.74, 6) is -1.08. The first-order chi connectivity index (χ1) is 8.79. The number of alkyl halides is 3. The highest BCUT2D eigenvalue weighted by Gasteiger charge is 2.32. The van der Waals surface area contributed by atoms with Gasteiger partial charge in [-0.3, -0.25) is 0 Å². The molecular formula is C12H9F3N2O2. The van der Waals surface area contributed by atoms with E-state index in [1.54, 1.807) is 6.92 Å². The molecule has 0 fully saturated rings. The summed E-state index contributed by atoms with van der Waals surface area (Å²) in [5.41, 5.74) is 0.0754. The zero-order chi connectivity index (χ0) is 14.2. The Bertz CT molecular complexity index is 632. The van der Waals surface area contributed by atoms with Gasteiger partial charge >= 0.3 is 12.1 Å². The van der Waals surface area contributed by atoms with Gasteiger partial charge in [0.1, 0.15) is 0 Å². The molecule has 0 unspecified atom stereocenters. The molecule has 2 rings (SSSR count). The molecule has 4 nitrogen and oxygen atoms in total. The largest absolute Gasteiger partial charge is 0.478 e. The standard InChI is InChI=1S/C12H9F3N2O2/c1-7-4-9(2-3-10(7)11(18)19)17-6-8(5-16-17)12(13,14)15/h2-6H,1H3,(H,18,19). The highest BCUT2D eigenvalue weighted by Crippen LogP contribution is 2.29. The van der Waals surface area contributed by atoms with E-state index < -0.39 is 17.7 Å². The van der Waals surface area contributed by atoms with Crippen LogP contribution in [0.15, 0.2) is 30.6 Å². The van der Waals surface area contributed by atoms with Crippen LogP contribution < -0.4 is 0 Å². The highest BCUT2D eigenvalue weighted by molar-refractivity contribution is 5.89. The molecule has 0 saturated heterocycles. The van der Waals surface area contributed by atoms with Crippen LogP contribution in [0.5, 0.6) is 0 Å². The Morgan fingerprint density at radius 3 is 2.53 bits per heavy atom. The number of hydrogen-bond donors (Lipinski definition) is 1. The van der Waals surface area contributed by atoms with Gasteiger partial charge in [-0.05, 0) is 30.7 Å². The lowest BCUT2D eigenvalue weighted by molar-refractivity contribution is -0.137. The fourth-order valence-electron chi connectivity index (χ4n) is 1.64. The summed E-state index contributed by atoms with van der Waals surface area (Å²) in [7, 11) is 0. The number of rotatable bonds is 2. The summed E-state index contributed by atoms with van der Waals surface area (Å²) >= 11 is 0. The van der Waals surface area contributed by atoms with Crippen molar-refractivity contribution >= 4 is 5.97 Å². The quantitative estimate of drug-likeness (QED) is 0.912. The van der Waals surface area contributed by atoms with Crippen molar-refractivity contribution < 1.29 is 23.1 Å². The van der Waals surface area contributed by atoms with Crippen LogP contribution >= 0.6 is 0 Å². The number of carbonyl (C=O) groups is 1. The summed E-state index contributed by atoms with van der Waals surface area (Å²) in [6, 6.07) is 4.21. The monoisotopic (exact) mass is 270 g/mol. The van der Waals surface area contributed by atoms with E-state index in [9.17, 15) is 18.0 Å². The maximum absolute atomic E-state index is 12.4. The molecule has 0 spiro atoms. The van der Waals surface area contributed by atoms with Crippen molar-refractivity contribution in [3.05, 3.63) is 47.3 Å². The average Bonchev–Trinajstić information content (AvgIpc) is 2.76. The third-order valence-corrected chi connectivity index (χ3v) is 2.61. The van der Waals surface area contributed by atoms with Gasteiger partial charge in [-0.15, -0.1) is 0 Å². The highest BCUT2D eigenvalue weighted by atomic mass is 19.4.